The van der Waals surface area contributed by atoms with E-state index in [2.05, 4.69) is 159 Å². The zero-order valence-corrected chi connectivity index (χ0v) is 37.8. The molecule has 46 heavy (non-hydrogen) atoms. The Hall–Kier alpha value is 1.13. The molecule has 0 saturated carbocycles. The molecule has 270 valence electrons. The van der Waals surface area contributed by atoms with Crippen LogP contribution in [0.25, 0.3) is 0 Å². The van der Waals surface area contributed by atoms with Gasteiger partial charge in [0.15, 0.2) is 0 Å². The Labute approximate surface area is 348 Å². The molecule has 5 nitrogen and oxygen atoms in total. The smallest absolute Gasteiger partial charge is 0.514 e. The van der Waals surface area contributed by atoms with E-state index in [0.29, 0.717) is 33.0 Å². The molecular formula is C30H55O5S10V. The molecule has 0 heterocycles. The van der Waals surface area contributed by atoms with E-state index in [1.165, 1.54) is 64.2 Å². The van der Waals surface area contributed by atoms with Crippen molar-refractivity contribution in [3.8, 4) is 0 Å². The van der Waals surface area contributed by atoms with Crippen LogP contribution in [0.1, 0.15) is 131 Å². The summed E-state index contributed by atoms with van der Waals surface area (Å²) < 4.78 is 25.7. The predicted octanol–water partition coefficient (Wildman–Crippen LogP) is 10.1. The van der Waals surface area contributed by atoms with Gasteiger partial charge in [0.05, 0.1) is 33.0 Å². The second-order valence-electron chi connectivity index (χ2n) is 9.03. The van der Waals surface area contributed by atoms with Crippen LogP contribution < -0.4 is 0 Å². The molecule has 0 aliphatic rings. The number of thiocarbonyl (C=S) groups is 5. The third-order valence-electron chi connectivity index (χ3n) is 4.84. The van der Waals surface area contributed by atoms with Crippen molar-refractivity contribution >= 4 is 146 Å². The van der Waals surface area contributed by atoms with Crippen LogP contribution in [-0.2, 0) is 105 Å². The number of ether oxygens (including phenoxy) is 5. The van der Waals surface area contributed by atoms with Gasteiger partial charge >= 0.3 is 18.6 Å². The SMILES string of the molecule is CCCCCOC(=S)[S-].CCCCCOC(=S)[S-].CCCCCOC(=S)[S-].CCCCCOC(=S)[S-].CCCCCOC(=S)[S-].[V+5]. The van der Waals surface area contributed by atoms with Crippen molar-refractivity contribution in [3.63, 3.8) is 0 Å². The largest absolute Gasteiger partial charge is 5.00 e. The number of unbranched alkanes of at least 4 members (excludes halogenated alkanes) is 10. The van der Waals surface area contributed by atoms with Crippen molar-refractivity contribution in [3.05, 3.63) is 0 Å². The van der Waals surface area contributed by atoms with Gasteiger partial charge in [-0.1, -0.05) is 98.8 Å². The monoisotopic (exact) mass is 866 g/mol. The van der Waals surface area contributed by atoms with E-state index >= 15 is 0 Å². The Bertz CT molecular complexity index is 550. The van der Waals surface area contributed by atoms with Crippen molar-refractivity contribution in [2.24, 2.45) is 0 Å². The van der Waals surface area contributed by atoms with E-state index < -0.39 is 0 Å². The molecule has 0 rings (SSSR count). The second kappa shape index (κ2) is 55.5. The first-order chi connectivity index (χ1) is 21.4. The van der Waals surface area contributed by atoms with E-state index in [4.69, 9.17) is 23.7 Å². The van der Waals surface area contributed by atoms with E-state index in [1.807, 2.05) is 0 Å². The molecule has 0 radical (unpaired) electrons. The van der Waals surface area contributed by atoms with Crippen LogP contribution in [0.15, 0.2) is 0 Å². The standard InChI is InChI=1S/5C6H12OS2.V/c5*1-2-3-4-5-7-6(8)9;/h5*2-5H2,1H3,(H,8,9);/q;;;;;+5/p-5. The molecule has 0 aromatic rings. The molecule has 0 bridgehead atoms. The Kier molecular flexibility index (Phi) is 71.6. The zero-order chi connectivity index (χ0) is 35.6. The van der Waals surface area contributed by atoms with Gasteiger partial charge in [0, 0.05) is 21.9 Å². The summed E-state index contributed by atoms with van der Waals surface area (Å²) in [5.41, 5.74) is 0. The van der Waals surface area contributed by atoms with Gasteiger partial charge in [-0.2, -0.15) is 0 Å². The molecule has 0 N–H and O–H groups in total. The molecule has 0 fully saturated rings. The van der Waals surface area contributed by atoms with E-state index in [-0.39, 0.29) is 40.5 Å². The van der Waals surface area contributed by atoms with Crippen molar-refractivity contribution in [1.29, 1.82) is 0 Å². The van der Waals surface area contributed by atoms with Crippen LogP contribution in [0, 0.1) is 0 Å². The second-order valence-corrected chi connectivity index (χ2v) is 14.0. The molecule has 0 spiro atoms. The predicted molar refractivity (Wildman–Crippen MR) is 227 cm³/mol. The summed E-state index contributed by atoms with van der Waals surface area (Å²) in [6, 6.07) is 0. The van der Waals surface area contributed by atoms with Crippen LogP contribution in [0.4, 0.5) is 0 Å². The van der Waals surface area contributed by atoms with Gasteiger partial charge in [-0.3, -0.25) is 0 Å². The minimum Gasteiger partial charge on any atom is -0.514 e. The van der Waals surface area contributed by atoms with Crippen LogP contribution in [0.2, 0.25) is 0 Å². The quantitative estimate of drug-likeness (QED) is 0.0663. The van der Waals surface area contributed by atoms with Crippen molar-refractivity contribution in [1.82, 2.24) is 0 Å². The minimum absolute atomic E-state index is 0. The van der Waals surface area contributed by atoms with Gasteiger partial charge in [0.25, 0.3) is 0 Å². The van der Waals surface area contributed by atoms with Gasteiger partial charge in [-0.25, -0.2) is 0 Å². The third-order valence-corrected chi connectivity index (χ3v) is 6.02. The van der Waals surface area contributed by atoms with E-state index in [0.717, 1.165) is 32.1 Å². The van der Waals surface area contributed by atoms with Crippen LogP contribution >= 0.6 is 61.1 Å². The molecule has 0 atom stereocenters. The zero-order valence-electron chi connectivity index (χ0n) is 28.2. The summed E-state index contributed by atoms with van der Waals surface area (Å²) in [5, 5.41) is 0. The molecule has 0 saturated heterocycles. The molecule has 0 aromatic carbocycles. The summed E-state index contributed by atoms with van der Waals surface area (Å²) in [4.78, 5) is 0. The summed E-state index contributed by atoms with van der Waals surface area (Å²) >= 11 is 45.4. The first-order valence-corrected chi connectivity index (χ1v) is 19.6. The number of rotatable bonds is 20. The van der Waals surface area contributed by atoms with Crippen molar-refractivity contribution in [2.75, 3.05) is 33.0 Å². The van der Waals surface area contributed by atoms with Crippen LogP contribution in [0.5, 0.6) is 0 Å². The first kappa shape index (κ1) is 59.3. The average Bonchev–Trinajstić information content (AvgIpc) is 2.97. The summed E-state index contributed by atoms with van der Waals surface area (Å²) in [6.45, 7) is 14.2. The van der Waals surface area contributed by atoms with Gasteiger partial charge < -0.3 is 148 Å². The average molecular weight is 867 g/mol. The normalized spacial score (nSPS) is 8.80. The summed E-state index contributed by atoms with van der Waals surface area (Å²) in [7, 11) is 0. The molecule has 0 unspecified atom stereocenters. The number of hydrogen-bond acceptors (Lipinski definition) is 15. The van der Waals surface area contributed by atoms with Crippen molar-refractivity contribution < 1.29 is 42.2 Å². The molecule has 16 heteroatoms. The van der Waals surface area contributed by atoms with E-state index in [1.54, 1.807) is 0 Å². The summed E-state index contributed by atoms with van der Waals surface area (Å²) in [6.07, 6.45) is 17.3. The summed E-state index contributed by atoms with van der Waals surface area (Å²) in [5.74, 6) is 0. The Balaban J connectivity index is -0.000000108. The molecule has 0 aliphatic carbocycles. The van der Waals surface area contributed by atoms with Gasteiger partial charge in [-0.05, 0) is 32.1 Å². The van der Waals surface area contributed by atoms with Gasteiger partial charge in [-0.15, -0.1) is 0 Å². The van der Waals surface area contributed by atoms with Crippen molar-refractivity contribution in [2.45, 2.75) is 131 Å². The Morgan fingerprint density at radius 1 is 0.326 bits per heavy atom. The maximum Gasteiger partial charge on any atom is 5.00 e. The molecule has 0 aromatic heterocycles. The van der Waals surface area contributed by atoms with Crippen LogP contribution in [-0.4, -0.2) is 54.9 Å². The molecule has 0 amide bonds. The first-order valence-electron chi connectivity index (χ1n) is 15.5. The van der Waals surface area contributed by atoms with Crippen LogP contribution in [0.3, 0.4) is 0 Å². The molecular weight excluding hydrogens is 812 g/mol. The number of hydrogen-bond donors (Lipinski definition) is 0. The Morgan fingerprint density at radius 2 is 0.457 bits per heavy atom. The van der Waals surface area contributed by atoms with Gasteiger partial charge in [0.1, 0.15) is 0 Å². The molecule has 0 aliphatic heterocycles. The topological polar surface area (TPSA) is 46.2 Å². The maximum atomic E-state index is 4.89. The Morgan fingerprint density at radius 3 is 0.543 bits per heavy atom. The van der Waals surface area contributed by atoms with Gasteiger partial charge in [0.2, 0.25) is 0 Å². The maximum absolute atomic E-state index is 4.89. The fourth-order valence-corrected chi connectivity index (χ4v) is 3.37. The fourth-order valence-electron chi connectivity index (χ4n) is 2.54. The third kappa shape index (κ3) is 90.7. The minimum atomic E-state index is 0. The fraction of sp³-hybridized carbons (Fsp3) is 0.833. The van der Waals surface area contributed by atoms with E-state index in [9.17, 15) is 0 Å².